The number of nitrogens with zero attached hydrogens (tertiary/aromatic N) is 2. The van der Waals surface area contributed by atoms with Gasteiger partial charge in [-0.3, -0.25) is 14.3 Å². The minimum absolute atomic E-state index is 0.267. The van der Waals surface area contributed by atoms with E-state index in [1.165, 1.54) is 4.68 Å². The molecule has 3 rings (SSSR count). The first-order valence-corrected chi connectivity index (χ1v) is 9.72. The van der Waals surface area contributed by atoms with Crippen LogP contribution in [0, 0.1) is 20.8 Å². The van der Waals surface area contributed by atoms with Crippen molar-refractivity contribution in [2.24, 2.45) is 7.05 Å². The number of aryl methyl sites for hydroxylation is 2. The molecule has 0 spiro atoms. The number of benzene rings is 2. The van der Waals surface area contributed by atoms with Gasteiger partial charge in [-0.1, -0.05) is 31.2 Å². The Labute approximate surface area is 170 Å². The van der Waals surface area contributed by atoms with E-state index >= 15 is 0 Å². The summed E-state index contributed by atoms with van der Waals surface area (Å²) in [7, 11) is 1.79. The van der Waals surface area contributed by atoms with Gasteiger partial charge in [0.15, 0.2) is 6.10 Å². The third-order valence-corrected chi connectivity index (χ3v) is 5.22. The number of nitrogens with one attached hydrogen (secondary N) is 1. The highest BCUT2D eigenvalue weighted by atomic mass is 16.5. The molecule has 0 radical (unpaired) electrons. The van der Waals surface area contributed by atoms with E-state index in [-0.39, 0.29) is 17.2 Å². The average molecular weight is 393 g/mol. The molecule has 0 saturated heterocycles. The van der Waals surface area contributed by atoms with Crippen LogP contribution in [0.3, 0.4) is 0 Å². The van der Waals surface area contributed by atoms with Crippen molar-refractivity contribution < 1.29 is 9.53 Å². The first-order valence-electron chi connectivity index (χ1n) is 9.72. The van der Waals surface area contributed by atoms with Gasteiger partial charge in [0, 0.05) is 7.05 Å². The molecule has 0 aliphatic carbocycles. The summed E-state index contributed by atoms with van der Waals surface area (Å²) in [5.41, 5.74) is 3.67. The average Bonchev–Trinajstić information content (AvgIpc) is 2.92. The summed E-state index contributed by atoms with van der Waals surface area (Å²) in [5, 5.41) is 2.79. The molecule has 2 aromatic carbocycles. The number of hydrogen-bond donors (Lipinski definition) is 1. The van der Waals surface area contributed by atoms with E-state index in [2.05, 4.69) is 5.32 Å². The SMILES string of the molecule is CC[C@H](Oc1ccc(C)c(C)c1)C(=O)Nc1c(C)n(C)n(-c2ccccc2)c1=O. The van der Waals surface area contributed by atoms with Gasteiger partial charge in [-0.05, 0) is 62.6 Å². The quantitative estimate of drug-likeness (QED) is 0.691. The smallest absolute Gasteiger partial charge is 0.295 e. The van der Waals surface area contributed by atoms with Crippen LogP contribution in [-0.4, -0.2) is 21.4 Å². The number of amides is 1. The summed E-state index contributed by atoms with van der Waals surface area (Å²) in [4.78, 5) is 25.9. The van der Waals surface area contributed by atoms with Crippen LogP contribution in [0.5, 0.6) is 5.75 Å². The zero-order chi connectivity index (χ0) is 21.1. The lowest BCUT2D eigenvalue weighted by atomic mass is 10.1. The Kier molecular flexibility index (Phi) is 5.92. The zero-order valence-electron chi connectivity index (χ0n) is 17.5. The molecule has 3 aromatic rings. The first-order chi connectivity index (χ1) is 13.8. The van der Waals surface area contributed by atoms with Crippen LogP contribution in [0.1, 0.15) is 30.2 Å². The van der Waals surface area contributed by atoms with Crippen LogP contribution in [0.25, 0.3) is 5.69 Å². The minimum Gasteiger partial charge on any atom is -0.481 e. The van der Waals surface area contributed by atoms with Gasteiger partial charge in [0.2, 0.25) is 0 Å². The lowest BCUT2D eigenvalue weighted by Gasteiger charge is -2.17. The van der Waals surface area contributed by atoms with Gasteiger partial charge in [-0.25, -0.2) is 4.68 Å². The Morgan fingerprint density at radius 3 is 2.38 bits per heavy atom. The number of rotatable bonds is 6. The van der Waals surface area contributed by atoms with Crippen molar-refractivity contribution in [2.45, 2.75) is 40.2 Å². The molecule has 1 amide bonds. The summed E-state index contributed by atoms with van der Waals surface area (Å²) >= 11 is 0. The molecule has 1 atom stereocenters. The second kappa shape index (κ2) is 8.39. The van der Waals surface area contributed by atoms with Crippen molar-refractivity contribution in [3.05, 3.63) is 75.7 Å². The van der Waals surface area contributed by atoms with Crippen molar-refractivity contribution in [2.75, 3.05) is 5.32 Å². The number of anilines is 1. The van der Waals surface area contributed by atoms with E-state index in [1.807, 2.05) is 76.2 Å². The van der Waals surface area contributed by atoms with Crippen molar-refractivity contribution in [1.82, 2.24) is 9.36 Å². The van der Waals surface area contributed by atoms with E-state index in [9.17, 15) is 9.59 Å². The van der Waals surface area contributed by atoms with Gasteiger partial charge < -0.3 is 10.1 Å². The predicted molar refractivity (Wildman–Crippen MR) is 115 cm³/mol. The molecule has 29 heavy (non-hydrogen) atoms. The summed E-state index contributed by atoms with van der Waals surface area (Å²) in [6.45, 7) is 7.72. The number of para-hydroxylation sites is 1. The lowest BCUT2D eigenvalue weighted by Crippen LogP contribution is -2.34. The fourth-order valence-electron chi connectivity index (χ4n) is 3.19. The minimum atomic E-state index is -0.693. The van der Waals surface area contributed by atoms with Crippen molar-refractivity contribution in [3.8, 4) is 11.4 Å². The number of hydrogen-bond acceptors (Lipinski definition) is 3. The maximum Gasteiger partial charge on any atom is 0.295 e. The topological polar surface area (TPSA) is 65.3 Å². The molecule has 152 valence electrons. The van der Waals surface area contributed by atoms with Crippen LogP contribution < -0.4 is 15.6 Å². The van der Waals surface area contributed by atoms with Crippen molar-refractivity contribution >= 4 is 11.6 Å². The molecule has 1 aromatic heterocycles. The summed E-state index contributed by atoms with van der Waals surface area (Å²) in [6.07, 6.45) is -0.210. The van der Waals surface area contributed by atoms with Gasteiger partial charge >= 0.3 is 0 Å². The molecule has 0 saturated carbocycles. The van der Waals surface area contributed by atoms with Gasteiger partial charge in [-0.15, -0.1) is 0 Å². The van der Waals surface area contributed by atoms with Gasteiger partial charge in [0.05, 0.1) is 11.4 Å². The van der Waals surface area contributed by atoms with Crippen molar-refractivity contribution in [1.29, 1.82) is 0 Å². The molecule has 0 aliphatic rings. The third kappa shape index (κ3) is 4.11. The van der Waals surface area contributed by atoms with Gasteiger partial charge in [0.25, 0.3) is 11.5 Å². The van der Waals surface area contributed by atoms with Gasteiger partial charge in [0.1, 0.15) is 11.4 Å². The molecule has 1 heterocycles. The van der Waals surface area contributed by atoms with Crippen LogP contribution in [-0.2, 0) is 11.8 Å². The number of aromatic nitrogens is 2. The third-order valence-electron chi connectivity index (χ3n) is 5.22. The van der Waals surface area contributed by atoms with Crippen molar-refractivity contribution in [3.63, 3.8) is 0 Å². The summed E-state index contributed by atoms with van der Waals surface area (Å²) < 4.78 is 9.18. The zero-order valence-corrected chi connectivity index (χ0v) is 17.5. The van der Waals surface area contributed by atoms with E-state index in [0.29, 0.717) is 17.9 Å². The molecular formula is C23H27N3O3. The molecule has 6 heteroatoms. The fourth-order valence-corrected chi connectivity index (χ4v) is 3.19. The van der Waals surface area contributed by atoms with Gasteiger partial charge in [-0.2, -0.15) is 0 Å². The van der Waals surface area contributed by atoms with Crippen LogP contribution >= 0.6 is 0 Å². The normalized spacial score (nSPS) is 11.9. The highest BCUT2D eigenvalue weighted by molar-refractivity contribution is 5.94. The summed E-state index contributed by atoms with van der Waals surface area (Å²) in [6, 6.07) is 15.1. The predicted octanol–water partition coefficient (Wildman–Crippen LogP) is 3.90. The molecule has 6 nitrogen and oxygen atoms in total. The van der Waals surface area contributed by atoms with E-state index in [4.69, 9.17) is 4.74 Å². The second-order valence-corrected chi connectivity index (χ2v) is 7.19. The maximum atomic E-state index is 13.0. The first kappa shape index (κ1) is 20.5. The molecule has 1 N–H and O–H groups in total. The molecule has 0 fully saturated rings. The fraction of sp³-hybridized carbons (Fsp3) is 0.304. The number of ether oxygens (including phenoxy) is 1. The lowest BCUT2D eigenvalue weighted by molar-refractivity contribution is -0.122. The standard InChI is InChI=1S/C23H27N3O3/c1-6-20(29-19-13-12-15(2)16(3)14-19)22(27)24-21-17(4)25(5)26(23(21)28)18-10-8-7-9-11-18/h7-14,20H,6H2,1-5H3,(H,24,27)/t20-/m0/s1. The highest BCUT2D eigenvalue weighted by Crippen LogP contribution is 2.20. The van der Waals surface area contributed by atoms with E-state index in [1.54, 1.807) is 11.7 Å². The Morgan fingerprint density at radius 1 is 1.07 bits per heavy atom. The molecule has 0 aliphatic heterocycles. The maximum absolute atomic E-state index is 13.0. The Bertz CT molecular complexity index is 1080. The Balaban J connectivity index is 1.86. The van der Waals surface area contributed by atoms with Crippen LogP contribution in [0.2, 0.25) is 0 Å². The molecule has 0 unspecified atom stereocenters. The van der Waals surface area contributed by atoms with E-state index < -0.39 is 6.10 Å². The molecular weight excluding hydrogens is 366 g/mol. The number of carbonyl (C=O) groups is 1. The second-order valence-electron chi connectivity index (χ2n) is 7.19. The summed E-state index contributed by atoms with van der Waals surface area (Å²) in [5.74, 6) is 0.304. The highest BCUT2D eigenvalue weighted by Gasteiger charge is 2.23. The Hall–Kier alpha value is -3.28. The van der Waals surface area contributed by atoms with Crippen LogP contribution in [0.15, 0.2) is 53.3 Å². The van der Waals surface area contributed by atoms with Crippen LogP contribution in [0.4, 0.5) is 5.69 Å². The number of carbonyl (C=O) groups excluding carboxylic acids is 1. The Morgan fingerprint density at radius 2 is 1.76 bits per heavy atom. The monoisotopic (exact) mass is 393 g/mol. The molecule has 0 bridgehead atoms. The largest absolute Gasteiger partial charge is 0.481 e. The van der Waals surface area contributed by atoms with E-state index in [0.717, 1.165) is 16.8 Å².